The molecule has 28 heavy (non-hydrogen) atoms. The van der Waals surface area contributed by atoms with Gasteiger partial charge in [-0.05, 0) is 43.0 Å². The van der Waals surface area contributed by atoms with Crippen molar-refractivity contribution in [1.29, 1.82) is 0 Å². The predicted molar refractivity (Wildman–Crippen MR) is 111 cm³/mol. The third-order valence-corrected chi connectivity index (χ3v) is 4.73. The van der Waals surface area contributed by atoms with Crippen molar-refractivity contribution in [1.82, 2.24) is 9.97 Å². The molecule has 3 aromatic rings. The number of para-hydroxylation sites is 1. The molecule has 0 radical (unpaired) electrons. The van der Waals surface area contributed by atoms with Crippen LogP contribution in [0.25, 0.3) is 0 Å². The largest absolute Gasteiger partial charge is 0.454 e. The Kier molecular flexibility index (Phi) is 5.02. The average Bonchev–Trinajstić information content (AvgIpc) is 3.15. The first kappa shape index (κ1) is 18.1. The smallest absolute Gasteiger partial charge is 0.231 e. The van der Waals surface area contributed by atoms with Gasteiger partial charge in [-0.25, -0.2) is 4.98 Å². The summed E-state index contributed by atoms with van der Waals surface area (Å²) in [7, 11) is 0. The first-order chi connectivity index (χ1) is 13.7. The lowest BCUT2D eigenvalue weighted by Gasteiger charge is -2.16. The quantitative estimate of drug-likeness (QED) is 0.622. The fourth-order valence-corrected chi connectivity index (χ4v) is 3.32. The number of nitrogens with zero attached hydrogens (tertiary/aromatic N) is 2. The first-order valence-corrected chi connectivity index (χ1v) is 9.56. The highest BCUT2D eigenvalue weighted by Crippen LogP contribution is 2.35. The number of aromatic nitrogens is 2. The zero-order chi connectivity index (χ0) is 19.5. The molecule has 1 aromatic heterocycles. The minimum atomic E-state index is 0.254. The van der Waals surface area contributed by atoms with Crippen LogP contribution in [0.2, 0.25) is 0 Å². The van der Waals surface area contributed by atoms with Crippen molar-refractivity contribution in [2.45, 2.75) is 33.6 Å². The van der Waals surface area contributed by atoms with Gasteiger partial charge in [-0.3, -0.25) is 0 Å². The Morgan fingerprint density at radius 2 is 1.64 bits per heavy atom. The molecule has 0 aliphatic carbocycles. The Balaban J connectivity index is 1.61. The summed E-state index contributed by atoms with van der Waals surface area (Å²) < 4.78 is 10.8. The van der Waals surface area contributed by atoms with Crippen molar-refractivity contribution < 1.29 is 9.47 Å². The van der Waals surface area contributed by atoms with E-state index >= 15 is 0 Å². The van der Waals surface area contributed by atoms with E-state index in [1.165, 1.54) is 11.1 Å². The molecule has 0 spiro atoms. The number of hydrogen-bond donors (Lipinski definition) is 2. The van der Waals surface area contributed by atoms with Crippen molar-refractivity contribution in [3.05, 3.63) is 59.3 Å². The molecule has 0 bridgehead atoms. The lowest BCUT2D eigenvalue weighted by molar-refractivity contribution is 0.174. The Bertz CT molecular complexity index is 982. The Morgan fingerprint density at radius 3 is 2.39 bits per heavy atom. The molecule has 6 heteroatoms. The van der Waals surface area contributed by atoms with E-state index in [1.54, 1.807) is 0 Å². The number of ether oxygens (including phenoxy) is 2. The fourth-order valence-electron chi connectivity index (χ4n) is 3.32. The van der Waals surface area contributed by atoms with E-state index in [-0.39, 0.29) is 6.79 Å². The van der Waals surface area contributed by atoms with Gasteiger partial charge in [0.1, 0.15) is 5.82 Å². The lowest BCUT2D eigenvalue weighted by atomic mass is 10.0. The van der Waals surface area contributed by atoms with E-state index in [9.17, 15) is 0 Å². The second-order valence-electron chi connectivity index (χ2n) is 6.69. The van der Waals surface area contributed by atoms with E-state index in [4.69, 9.17) is 9.47 Å². The van der Waals surface area contributed by atoms with Crippen LogP contribution in [0, 0.1) is 6.92 Å². The number of nitrogens with one attached hydrogen (secondary N) is 2. The second-order valence-corrected chi connectivity index (χ2v) is 6.69. The molecule has 1 aliphatic heterocycles. The summed E-state index contributed by atoms with van der Waals surface area (Å²) in [4.78, 5) is 9.18. The SMILES string of the molecule is CCc1cccc(CC)c1Nc1cc(C)nc(Nc2ccc3c(c2)OCO3)n1. The van der Waals surface area contributed by atoms with Crippen LogP contribution in [0.4, 0.5) is 23.1 Å². The molecule has 0 fully saturated rings. The normalized spacial score (nSPS) is 12.1. The first-order valence-electron chi connectivity index (χ1n) is 9.56. The highest BCUT2D eigenvalue weighted by molar-refractivity contribution is 5.67. The molecular formula is C22H24N4O2. The lowest BCUT2D eigenvalue weighted by Crippen LogP contribution is -2.05. The summed E-state index contributed by atoms with van der Waals surface area (Å²) >= 11 is 0. The van der Waals surface area contributed by atoms with Gasteiger partial charge in [0.15, 0.2) is 11.5 Å². The highest BCUT2D eigenvalue weighted by atomic mass is 16.7. The Labute approximate surface area is 164 Å². The average molecular weight is 376 g/mol. The highest BCUT2D eigenvalue weighted by Gasteiger charge is 2.14. The molecule has 4 rings (SSSR count). The molecule has 2 aromatic carbocycles. The summed E-state index contributed by atoms with van der Waals surface area (Å²) in [6.07, 6.45) is 1.92. The van der Waals surface area contributed by atoms with Crippen LogP contribution in [0.15, 0.2) is 42.5 Å². The number of aryl methyl sites for hydroxylation is 3. The van der Waals surface area contributed by atoms with Crippen LogP contribution < -0.4 is 20.1 Å². The molecule has 0 unspecified atom stereocenters. The minimum Gasteiger partial charge on any atom is -0.454 e. The van der Waals surface area contributed by atoms with Crippen LogP contribution in [0.1, 0.15) is 30.7 Å². The fraction of sp³-hybridized carbons (Fsp3) is 0.273. The van der Waals surface area contributed by atoms with Crippen molar-refractivity contribution in [2.24, 2.45) is 0 Å². The number of fused-ring (bicyclic) bond motifs is 1. The molecule has 0 atom stereocenters. The van der Waals surface area contributed by atoms with Gasteiger partial charge in [0.25, 0.3) is 0 Å². The van der Waals surface area contributed by atoms with Gasteiger partial charge in [0.2, 0.25) is 12.7 Å². The van der Waals surface area contributed by atoms with Crippen molar-refractivity contribution in [3.8, 4) is 11.5 Å². The number of rotatable bonds is 6. The molecule has 0 saturated heterocycles. The third-order valence-electron chi connectivity index (χ3n) is 4.73. The maximum atomic E-state index is 5.44. The van der Waals surface area contributed by atoms with Crippen LogP contribution in [-0.4, -0.2) is 16.8 Å². The number of anilines is 4. The van der Waals surface area contributed by atoms with Gasteiger partial charge in [-0.1, -0.05) is 32.0 Å². The maximum absolute atomic E-state index is 5.44. The molecule has 0 amide bonds. The van der Waals surface area contributed by atoms with Gasteiger partial charge in [-0.15, -0.1) is 0 Å². The van der Waals surface area contributed by atoms with Crippen LogP contribution in [0.3, 0.4) is 0 Å². The molecular weight excluding hydrogens is 352 g/mol. The molecule has 2 heterocycles. The molecule has 6 nitrogen and oxygen atoms in total. The van der Waals surface area contributed by atoms with Gasteiger partial charge in [-0.2, -0.15) is 4.98 Å². The molecule has 0 saturated carbocycles. The Morgan fingerprint density at radius 1 is 0.893 bits per heavy atom. The van der Waals surface area contributed by atoms with Crippen LogP contribution >= 0.6 is 0 Å². The van der Waals surface area contributed by atoms with Gasteiger partial charge in [0.05, 0.1) is 0 Å². The molecule has 144 valence electrons. The monoisotopic (exact) mass is 376 g/mol. The van der Waals surface area contributed by atoms with Crippen LogP contribution in [-0.2, 0) is 12.8 Å². The molecule has 2 N–H and O–H groups in total. The summed E-state index contributed by atoms with van der Waals surface area (Å²) in [5.41, 5.74) is 5.43. The number of benzene rings is 2. The molecule has 1 aliphatic rings. The summed E-state index contributed by atoms with van der Waals surface area (Å²) in [5.74, 6) is 2.78. The summed E-state index contributed by atoms with van der Waals surface area (Å²) in [6.45, 7) is 6.55. The number of hydrogen-bond acceptors (Lipinski definition) is 6. The van der Waals surface area contributed by atoms with E-state index in [0.29, 0.717) is 5.95 Å². The standard InChI is InChI=1S/C22H24N4O2/c1-4-15-7-6-8-16(5-2)21(15)25-20-11-14(3)23-22(26-20)24-17-9-10-18-19(12-17)28-13-27-18/h6-12H,4-5,13H2,1-3H3,(H2,23,24,25,26). The maximum Gasteiger partial charge on any atom is 0.231 e. The van der Waals surface area contributed by atoms with Crippen LogP contribution in [0.5, 0.6) is 11.5 Å². The van der Waals surface area contributed by atoms with E-state index in [2.05, 4.69) is 52.6 Å². The van der Waals surface area contributed by atoms with Gasteiger partial charge in [0, 0.05) is 29.2 Å². The van der Waals surface area contributed by atoms with Gasteiger partial charge >= 0.3 is 0 Å². The van der Waals surface area contributed by atoms with Crippen molar-refractivity contribution in [3.63, 3.8) is 0 Å². The third kappa shape index (κ3) is 3.71. The van der Waals surface area contributed by atoms with Gasteiger partial charge < -0.3 is 20.1 Å². The van der Waals surface area contributed by atoms with E-state index in [0.717, 1.165) is 47.2 Å². The predicted octanol–water partition coefficient (Wildman–Crippen LogP) is 5.13. The van der Waals surface area contributed by atoms with Crippen molar-refractivity contribution in [2.75, 3.05) is 17.4 Å². The zero-order valence-electron chi connectivity index (χ0n) is 16.4. The van der Waals surface area contributed by atoms with E-state index in [1.807, 2.05) is 31.2 Å². The van der Waals surface area contributed by atoms with E-state index < -0.39 is 0 Å². The summed E-state index contributed by atoms with van der Waals surface area (Å²) in [5, 5.41) is 6.78. The second kappa shape index (κ2) is 7.76. The topological polar surface area (TPSA) is 68.3 Å². The van der Waals surface area contributed by atoms with Crippen molar-refractivity contribution >= 4 is 23.1 Å². The Hall–Kier alpha value is -3.28. The minimum absolute atomic E-state index is 0.254. The zero-order valence-corrected chi connectivity index (χ0v) is 16.4. The summed E-state index contributed by atoms with van der Waals surface area (Å²) in [6, 6.07) is 14.1.